The van der Waals surface area contributed by atoms with Crippen LogP contribution in [0, 0.1) is 11.3 Å². The number of carbonyl (C=O) groups excluding carboxylic acids is 1. The highest BCUT2D eigenvalue weighted by Crippen LogP contribution is 2.52. The van der Waals surface area contributed by atoms with E-state index in [2.05, 4.69) is 82.6 Å². The number of methoxy groups -OCH3 is 2. The molecule has 5 rings (SSSR count). The number of carbonyl (C=O) groups is 1. The summed E-state index contributed by atoms with van der Waals surface area (Å²) in [4.78, 5) is 30.2. The van der Waals surface area contributed by atoms with Crippen molar-refractivity contribution in [2.75, 3.05) is 32.8 Å². The van der Waals surface area contributed by atoms with Crippen LogP contribution >= 0.6 is 8.53 Å². The molecule has 1 unspecified atom stereocenters. The van der Waals surface area contributed by atoms with Crippen LogP contribution in [0.3, 0.4) is 0 Å². The standard InChI is InChI=1S/C47H64N5O9PSi/c1-32(2)52(33(3)4)62(58-30-16-28-48)60-42-40(59-44(43(42)61-63(11,12)46(6,7)8)51-29-27-41(49-34(5)53)50-45(51)54)31-57-47(35-17-14-13-15-18-35,36-19-23-38(55-9)24-20-36)37-21-25-39(56-10)26-22-37/h13-15,17-27,29,32-33,40,42-44H,16,30-31H2,1-12H3,(H,49,50,53,54)/t40-,42-,43-,44-,62?/m1/s1/i50+1,51+1. The highest BCUT2D eigenvalue weighted by atomic mass is 31.2. The largest absolute Gasteiger partial charge is 0.497 e. The summed E-state index contributed by atoms with van der Waals surface area (Å²) in [5.74, 6) is 1.12. The van der Waals surface area contributed by atoms with Crippen molar-refractivity contribution in [2.45, 2.75) is 122 Å². The van der Waals surface area contributed by atoms with Gasteiger partial charge in [-0.05, 0) is 92.8 Å². The normalized spacial score (nSPS) is 18.7. The fourth-order valence-corrected chi connectivity index (χ4v) is 10.4. The van der Waals surface area contributed by atoms with Crippen LogP contribution in [0.1, 0.15) is 84.7 Å². The summed E-state index contributed by atoms with van der Waals surface area (Å²) in [6.07, 6.45) is -1.94. The van der Waals surface area contributed by atoms with Gasteiger partial charge in [0.25, 0.3) is 8.53 Å². The van der Waals surface area contributed by atoms with Crippen LogP contribution in [0.25, 0.3) is 0 Å². The Hall–Kier alpha value is -4.49. The highest BCUT2D eigenvalue weighted by molar-refractivity contribution is 7.44. The van der Waals surface area contributed by atoms with E-state index < -0.39 is 52.7 Å². The third kappa shape index (κ3) is 11.6. The number of benzene rings is 3. The van der Waals surface area contributed by atoms with Crippen LogP contribution in [0.2, 0.25) is 18.1 Å². The quantitative estimate of drug-likeness (QED) is 0.0389. The molecule has 16 heteroatoms. The average Bonchev–Trinajstić information content (AvgIpc) is 3.55. The zero-order chi connectivity index (χ0) is 46.1. The lowest BCUT2D eigenvalue weighted by Gasteiger charge is -2.42. The molecule has 1 aliphatic heterocycles. The monoisotopic (exact) mass is 903 g/mol. The molecule has 4 aromatic rings. The minimum absolute atomic E-state index is 0.00483. The van der Waals surface area contributed by atoms with E-state index in [1.54, 1.807) is 26.5 Å². The molecular weight excluding hydrogens is 840 g/mol. The number of rotatable bonds is 20. The minimum Gasteiger partial charge on any atom is -0.497 e. The van der Waals surface area contributed by atoms with Crippen molar-refractivity contribution < 1.29 is 37.2 Å². The molecule has 1 amide bonds. The first-order valence-electron chi connectivity index (χ1n) is 21.3. The zero-order valence-electron chi connectivity index (χ0n) is 38.7. The van der Waals surface area contributed by atoms with Gasteiger partial charge in [-0.15, -0.1) is 0 Å². The van der Waals surface area contributed by atoms with Crippen molar-refractivity contribution in [2.24, 2.45) is 0 Å². The number of aromatic nitrogens is 2. The van der Waals surface area contributed by atoms with E-state index >= 15 is 0 Å². The summed E-state index contributed by atoms with van der Waals surface area (Å²) in [7, 11) is -1.24. The van der Waals surface area contributed by atoms with Gasteiger partial charge in [-0.25, -0.2) is 9.46 Å². The van der Waals surface area contributed by atoms with Crippen molar-refractivity contribution in [1.82, 2.24) is 14.2 Å². The predicted molar refractivity (Wildman–Crippen MR) is 247 cm³/mol. The van der Waals surface area contributed by atoms with E-state index in [4.69, 9.17) is 32.4 Å². The number of nitriles is 1. The molecule has 14 nitrogen and oxygen atoms in total. The number of hydrogen-bond donors (Lipinski definition) is 1. The van der Waals surface area contributed by atoms with Gasteiger partial charge in [0, 0.05) is 25.2 Å². The van der Waals surface area contributed by atoms with E-state index in [0.717, 1.165) is 16.7 Å². The molecule has 0 aliphatic carbocycles. The number of ether oxygens (including phenoxy) is 4. The Morgan fingerprint density at radius 3 is 1.94 bits per heavy atom. The van der Waals surface area contributed by atoms with Crippen LogP contribution < -0.4 is 20.5 Å². The molecule has 63 heavy (non-hydrogen) atoms. The predicted octanol–water partition coefficient (Wildman–Crippen LogP) is 9.18. The highest BCUT2D eigenvalue weighted by Gasteiger charge is 2.54. The molecule has 2 heterocycles. The van der Waals surface area contributed by atoms with Crippen LogP contribution in [-0.2, 0) is 33.3 Å². The molecule has 1 aliphatic rings. The first kappa shape index (κ1) is 49.5. The zero-order valence-corrected chi connectivity index (χ0v) is 40.6. The second-order valence-electron chi connectivity index (χ2n) is 17.5. The summed E-state index contributed by atoms with van der Waals surface area (Å²) >= 11 is 0. The van der Waals surface area contributed by atoms with E-state index in [1.165, 1.54) is 11.5 Å². The lowest BCUT2D eigenvalue weighted by atomic mass is 9.80. The van der Waals surface area contributed by atoms with Crippen molar-refractivity contribution in [3.63, 3.8) is 0 Å². The molecule has 340 valence electrons. The van der Waals surface area contributed by atoms with Gasteiger partial charge in [0.1, 0.15) is 41.2 Å². The van der Waals surface area contributed by atoms with Crippen molar-refractivity contribution in [3.05, 3.63) is 118 Å². The molecule has 3 aromatic carbocycles. The number of amides is 1. The van der Waals surface area contributed by atoms with Gasteiger partial charge in [-0.3, -0.25) is 9.36 Å². The van der Waals surface area contributed by atoms with Gasteiger partial charge >= 0.3 is 5.69 Å². The Kier molecular flexibility index (Phi) is 16.9. The fourth-order valence-electron chi connectivity index (χ4n) is 7.37. The van der Waals surface area contributed by atoms with Crippen LogP contribution in [0.5, 0.6) is 11.5 Å². The number of hydrogen-bond acceptors (Lipinski definition) is 12. The molecule has 1 saturated heterocycles. The summed E-state index contributed by atoms with van der Waals surface area (Å²) in [6.45, 7) is 20.4. The lowest BCUT2D eigenvalue weighted by molar-refractivity contribution is -0.114. The summed E-state index contributed by atoms with van der Waals surface area (Å²) in [5, 5.41) is 11.9. The smallest absolute Gasteiger partial charge is 0.351 e. The van der Waals surface area contributed by atoms with Gasteiger partial charge < -0.3 is 37.7 Å². The van der Waals surface area contributed by atoms with Crippen molar-refractivity contribution in [3.8, 4) is 17.6 Å². The number of anilines is 1. The SMILES string of the molecule is COc1ccc(C(OC[C@H]2O[C@@H]([15n]3ccc(NC(C)=O)[15n]c3=O)[C@H](O[Si](C)(C)C(C)(C)C)[C@@H]2OP(OCCC#N)N(C(C)C)C(C)C)(c2ccccc2)c2ccc(OC)cc2)cc1. The van der Waals surface area contributed by atoms with E-state index in [1.807, 2.05) is 78.9 Å². The minimum atomic E-state index is -2.66. The van der Waals surface area contributed by atoms with Crippen LogP contribution in [-0.4, -0.2) is 86.3 Å². The molecule has 0 saturated carbocycles. The summed E-state index contributed by atoms with van der Waals surface area (Å²) < 4.78 is 50.3. The maximum atomic E-state index is 14.0. The lowest BCUT2D eigenvalue weighted by Crippen LogP contribution is -2.50. The Balaban J connectivity index is 1.74. The Bertz CT molecular complexity index is 2140. The van der Waals surface area contributed by atoms with Gasteiger partial charge in [-0.1, -0.05) is 75.4 Å². The summed E-state index contributed by atoms with van der Waals surface area (Å²) in [6, 6.07) is 29.2. The molecule has 0 radical (unpaired) electrons. The van der Waals surface area contributed by atoms with Crippen LogP contribution in [0.4, 0.5) is 5.82 Å². The van der Waals surface area contributed by atoms with Crippen molar-refractivity contribution in [1.29, 1.82) is 5.26 Å². The molecule has 1 N–H and O–H groups in total. The maximum Gasteiger partial charge on any atom is 0.351 e. The van der Waals surface area contributed by atoms with Crippen LogP contribution in [0.15, 0.2) is 95.9 Å². The third-order valence-corrected chi connectivity index (χ3v) is 18.0. The van der Waals surface area contributed by atoms with Crippen molar-refractivity contribution >= 4 is 28.6 Å². The molecule has 0 spiro atoms. The maximum absolute atomic E-state index is 14.0. The molecule has 5 atom stereocenters. The molecule has 1 aromatic heterocycles. The fraction of sp³-hybridized carbons (Fsp3) is 0.489. The first-order valence-corrected chi connectivity index (χ1v) is 25.3. The number of nitrogens with zero attached hydrogens (tertiary/aromatic N) is 4. The van der Waals surface area contributed by atoms with Gasteiger partial charge in [0.05, 0.1) is 39.9 Å². The second kappa shape index (κ2) is 21.5. The summed E-state index contributed by atoms with van der Waals surface area (Å²) in [5.41, 5.74) is 0.633. The van der Waals surface area contributed by atoms with Gasteiger partial charge in [0.15, 0.2) is 14.5 Å². The molecule has 1 fully saturated rings. The topological polar surface area (TPSA) is 156 Å². The van der Waals surface area contributed by atoms with E-state index in [0.29, 0.717) is 11.5 Å². The average molecular weight is 904 g/mol. The van der Waals surface area contributed by atoms with Gasteiger partial charge in [-0.2, -0.15) is 10.2 Å². The van der Waals surface area contributed by atoms with E-state index in [-0.39, 0.29) is 48.5 Å². The van der Waals surface area contributed by atoms with E-state index in [9.17, 15) is 14.9 Å². The number of nitrogens with one attached hydrogen (secondary N) is 1. The second-order valence-corrected chi connectivity index (χ2v) is 23.7. The Labute approximate surface area is 374 Å². The molecule has 0 bridgehead atoms. The molecular formula is C47H64N5O9PSi. The first-order chi connectivity index (χ1) is 29.9. The third-order valence-electron chi connectivity index (χ3n) is 11.4. The van der Waals surface area contributed by atoms with Gasteiger partial charge in [0.2, 0.25) is 5.91 Å². The Morgan fingerprint density at radius 1 is 0.905 bits per heavy atom. The Morgan fingerprint density at radius 2 is 1.46 bits per heavy atom.